The Labute approximate surface area is 228 Å². The summed E-state index contributed by atoms with van der Waals surface area (Å²) in [5.74, 6) is -0.672. The molecule has 0 aliphatic carbocycles. The second-order valence-electron chi connectivity index (χ2n) is 9.80. The Morgan fingerprint density at radius 2 is 1.82 bits per heavy atom. The molecule has 0 bridgehead atoms. The van der Waals surface area contributed by atoms with Gasteiger partial charge in [0.15, 0.2) is 0 Å². The Bertz CT molecular complexity index is 1430. The smallest absolute Gasteiger partial charge is 0.256 e. The van der Waals surface area contributed by atoms with Gasteiger partial charge in [-0.2, -0.15) is 4.31 Å². The number of likely N-dealkylation sites (N-methyl/N-ethyl adjacent to an activating group) is 1. The minimum Gasteiger partial charge on any atom is -0.497 e. The van der Waals surface area contributed by atoms with E-state index in [4.69, 9.17) is 9.47 Å². The van der Waals surface area contributed by atoms with E-state index in [1.54, 1.807) is 39.3 Å². The molecule has 1 amide bonds. The highest BCUT2D eigenvalue weighted by molar-refractivity contribution is 7.89. The molecule has 3 aromatic carbocycles. The molecule has 1 heterocycles. The summed E-state index contributed by atoms with van der Waals surface area (Å²) < 4.78 is 54.6. The lowest BCUT2D eigenvalue weighted by Gasteiger charge is -2.37. The largest absolute Gasteiger partial charge is 0.497 e. The van der Waals surface area contributed by atoms with Crippen LogP contribution in [0.1, 0.15) is 24.2 Å². The van der Waals surface area contributed by atoms with Crippen molar-refractivity contribution >= 4 is 15.9 Å². The number of methoxy groups -OCH3 is 1. The first-order valence-electron chi connectivity index (χ1n) is 12.6. The second kappa shape index (κ2) is 11.7. The third-order valence-electron chi connectivity index (χ3n) is 7.00. The van der Waals surface area contributed by atoms with E-state index >= 15 is 0 Å². The van der Waals surface area contributed by atoms with Gasteiger partial charge in [-0.1, -0.05) is 37.3 Å². The first-order chi connectivity index (χ1) is 18.6. The van der Waals surface area contributed by atoms with Gasteiger partial charge in [-0.15, -0.1) is 0 Å². The highest BCUT2D eigenvalue weighted by Gasteiger charge is 2.38. The summed E-state index contributed by atoms with van der Waals surface area (Å²) in [5.41, 5.74) is 1.51. The Balaban J connectivity index is 1.74. The van der Waals surface area contributed by atoms with Crippen LogP contribution in [0, 0.1) is 11.7 Å². The van der Waals surface area contributed by atoms with Gasteiger partial charge in [0.2, 0.25) is 10.0 Å². The van der Waals surface area contributed by atoms with Gasteiger partial charge in [0.05, 0.1) is 25.8 Å². The molecular formula is C29H33FN2O6S. The number of aliphatic hydroxyl groups excluding tert-OH is 1. The molecule has 39 heavy (non-hydrogen) atoms. The van der Waals surface area contributed by atoms with E-state index in [-0.39, 0.29) is 41.8 Å². The molecule has 0 unspecified atom stereocenters. The third kappa shape index (κ3) is 5.93. The molecule has 208 valence electrons. The maximum atomic E-state index is 14.3. The van der Waals surface area contributed by atoms with E-state index in [1.165, 1.54) is 33.5 Å². The van der Waals surface area contributed by atoms with Gasteiger partial charge in [0.1, 0.15) is 28.3 Å². The topological polar surface area (TPSA) is 96.4 Å². The predicted octanol–water partition coefficient (Wildman–Crippen LogP) is 4.04. The molecule has 1 aliphatic rings. The van der Waals surface area contributed by atoms with Gasteiger partial charge in [-0.25, -0.2) is 12.8 Å². The Morgan fingerprint density at radius 3 is 2.46 bits per heavy atom. The van der Waals surface area contributed by atoms with Crippen molar-refractivity contribution in [3.05, 3.63) is 78.1 Å². The molecule has 3 atom stereocenters. The van der Waals surface area contributed by atoms with Crippen LogP contribution < -0.4 is 9.47 Å². The van der Waals surface area contributed by atoms with E-state index in [0.717, 1.165) is 11.1 Å². The number of amides is 1. The number of nitrogens with zero attached hydrogens (tertiary/aromatic N) is 2. The number of ether oxygens (including phenoxy) is 2. The quantitative estimate of drug-likeness (QED) is 0.472. The molecule has 0 fully saturated rings. The van der Waals surface area contributed by atoms with Crippen LogP contribution in [0.5, 0.6) is 11.5 Å². The molecule has 0 spiro atoms. The van der Waals surface area contributed by atoms with Gasteiger partial charge >= 0.3 is 0 Å². The number of hydrogen-bond donors (Lipinski definition) is 1. The monoisotopic (exact) mass is 556 g/mol. The van der Waals surface area contributed by atoms with Gasteiger partial charge in [0.25, 0.3) is 5.91 Å². The zero-order valence-electron chi connectivity index (χ0n) is 22.4. The highest BCUT2D eigenvalue weighted by Crippen LogP contribution is 2.37. The second-order valence-corrected chi connectivity index (χ2v) is 11.7. The van der Waals surface area contributed by atoms with Crippen LogP contribution >= 0.6 is 0 Å². The van der Waals surface area contributed by atoms with Crippen LogP contribution in [0.3, 0.4) is 0 Å². The molecule has 1 N–H and O–H groups in total. The van der Waals surface area contributed by atoms with E-state index < -0.39 is 33.9 Å². The van der Waals surface area contributed by atoms with Crippen LogP contribution in [0.15, 0.2) is 71.6 Å². The van der Waals surface area contributed by atoms with Crippen LogP contribution in [0.2, 0.25) is 0 Å². The van der Waals surface area contributed by atoms with Crippen LogP contribution in [0.25, 0.3) is 11.1 Å². The Morgan fingerprint density at radius 1 is 1.15 bits per heavy atom. The van der Waals surface area contributed by atoms with E-state index in [2.05, 4.69) is 0 Å². The fraction of sp³-hybridized carbons (Fsp3) is 0.345. The highest BCUT2D eigenvalue weighted by atomic mass is 32.2. The number of carbonyl (C=O) groups is 1. The summed E-state index contributed by atoms with van der Waals surface area (Å²) >= 11 is 0. The van der Waals surface area contributed by atoms with Crippen molar-refractivity contribution in [2.45, 2.75) is 30.9 Å². The number of sulfonamides is 1. The summed E-state index contributed by atoms with van der Waals surface area (Å²) in [6, 6.07) is 17.3. The average Bonchev–Trinajstić information content (AvgIpc) is 2.94. The van der Waals surface area contributed by atoms with Gasteiger partial charge < -0.3 is 19.5 Å². The van der Waals surface area contributed by atoms with E-state index in [9.17, 15) is 22.7 Å². The molecule has 0 aromatic heterocycles. The maximum absolute atomic E-state index is 14.3. The van der Waals surface area contributed by atoms with Gasteiger partial charge in [0, 0.05) is 25.6 Å². The van der Waals surface area contributed by atoms with E-state index in [1.807, 2.05) is 31.2 Å². The van der Waals surface area contributed by atoms with Crippen molar-refractivity contribution in [2.24, 2.45) is 5.92 Å². The van der Waals surface area contributed by atoms with Crippen molar-refractivity contribution < 1.29 is 32.2 Å². The molecule has 0 saturated heterocycles. The van der Waals surface area contributed by atoms with Crippen LogP contribution in [0.4, 0.5) is 4.39 Å². The van der Waals surface area contributed by atoms with Gasteiger partial charge in [-0.05, 0) is 54.4 Å². The summed E-state index contributed by atoms with van der Waals surface area (Å²) in [7, 11) is -0.880. The lowest BCUT2D eigenvalue weighted by molar-refractivity contribution is 0.0560. The summed E-state index contributed by atoms with van der Waals surface area (Å²) in [5, 5.41) is 9.85. The standard InChI is InChI=1S/C29H33FN2O6S/c1-19-16-32(20(2)18-33)39(35,36)28-14-11-22(21-9-12-23(37-4)13-10-21)15-26(28)38-27(19)17-31(3)29(34)24-7-5-6-8-25(24)30/h5-15,19-20,27,33H,16-18H2,1-4H3/t19-,20-,27+/m0/s1. The average molecular weight is 557 g/mol. The zero-order valence-corrected chi connectivity index (χ0v) is 23.2. The third-order valence-corrected chi connectivity index (χ3v) is 9.01. The number of carbonyl (C=O) groups excluding carboxylic acids is 1. The normalized spacial score (nSPS) is 19.6. The number of benzene rings is 3. The number of hydrogen-bond acceptors (Lipinski definition) is 6. The molecule has 0 radical (unpaired) electrons. The number of halogens is 1. The first-order valence-corrected chi connectivity index (χ1v) is 14.1. The fourth-order valence-electron chi connectivity index (χ4n) is 4.60. The number of rotatable bonds is 7. The molecule has 8 nitrogen and oxygen atoms in total. The van der Waals surface area contributed by atoms with Crippen molar-refractivity contribution in [3.8, 4) is 22.6 Å². The Kier molecular flexibility index (Phi) is 8.58. The van der Waals surface area contributed by atoms with Crippen LogP contribution in [-0.2, 0) is 10.0 Å². The van der Waals surface area contributed by atoms with Crippen molar-refractivity contribution in [1.29, 1.82) is 0 Å². The summed E-state index contributed by atoms with van der Waals surface area (Å²) in [4.78, 5) is 14.4. The zero-order chi connectivity index (χ0) is 28.3. The fourth-order valence-corrected chi connectivity index (χ4v) is 6.43. The van der Waals surface area contributed by atoms with E-state index in [0.29, 0.717) is 5.75 Å². The van der Waals surface area contributed by atoms with Crippen LogP contribution in [-0.4, -0.2) is 74.6 Å². The Hall–Kier alpha value is -3.47. The molecular weight excluding hydrogens is 523 g/mol. The predicted molar refractivity (Wildman–Crippen MR) is 146 cm³/mol. The summed E-state index contributed by atoms with van der Waals surface area (Å²) in [6.07, 6.45) is -0.625. The maximum Gasteiger partial charge on any atom is 0.256 e. The van der Waals surface area contributed by atoms with Gasteiger partial charge in [-0.3, -0.25) is 4.79 Å². The molecule has 1 aliphatic heterocycles. The molecule has 3 aromatic rings. The first kappa shape index (κ1) is 28.5. The molecule has 0 saturated carbocycles. The minimum atomic E-state index is -4.02. The number of aliphatic hydroxyl groups is 1. The van der Waals surface area contributed by atoms with Crippen molar-refractivity contribution in [2.75, 3.05) is 33.9 Å². The minimum absolute atomic E-state index is 0.0277. The molecule has 10 heteroatoms. The molecule has 4 rings (SSSR count). The lowest BCUT2D eigenvalue weighted by atomic mass is 10.0. The lowest BCUT2D eigenvalue weighted by Crippen LogP contribution is -2.50. The number of fused-ring (bicyclic) bond motifs is 1. The van der Waals surface area contributed by atoms with Crippen molar-refractivity contribution in [3.63, 3.8) is 0 Å². The SMILES string of the molecule is COc1ccc(-c2ccc3c(c2)O[C@H](CN(C)C(=O)c2ccccc2F)[C@@H](C)CN([C@@H](C)CO)S3(=O)=O)cc1. The van der Waals surface area contributed by atoms with Crippen molar-refractivity contribution in [1.82, 2.24) is 9.21 Å². The summed E-state index contributed by atoms with van der Waals surface area (Å²) in [6.45, 7) is 3.26.